The summed E-state index contributed by atoms with van der Waals surface area (Å²) in [6, 6.07) is 9.05. The normalized spacial score (nSPS) is 10.8. The number of benzene rings is 1. The number of fused-ring (bicyclic) bond motifs is 1. The summed E-state index contributed by atoms with van der Waals surface area (Å²) in [7, 11) is 0. The Balaban J connectivity index is 2.61. The molecule has 0 atom stereocenters. The van der Waals surface area contributed by atoms with Crippen molar-refractivity contribution in [2.75, 3.05) is 0 Å². The van der Waals surface area contributed by atoms with Gasteiger partial charge in [-0.3, -0.25) is 0 Å². The monoisotopic (exact) mass is 206 g/mol. The number of nitriles is 1. The molecule has 0 aliphatic heterocycles. The van der Waals surface area contributed by atoms with Crippen molar-refractivity contribution >= 4 is 10.9 Å². The summed E-state index contributed by atoms with van der Waals surface area (Å²) in [5, 5.41) is 9.56. The summed E-state index contributed by atoms with van der Waals surface area (Å²) in [5.74, 6) is 0. The van der Waals surface area contributed by atoms with Gasteiger partial charge in [-0.2, -0.15) is 5.26 Å². The van der Waals surface area contributed by atoms with E-state index in [0.717, 1.165) is 5.39 Å². The third kappa shape index (κ3) is 1.68. The van der Waals surface area contributed by atoms with Crippen LogP contribution in [0.1, 0.15) is 5.56 Å². The summed E-state index contributed by atoms with van der Waals surface area (Å²) in [6.07, 6.45) is -0.941. The maximum Gasteiger partial charge on any atom is 0.256 e. The van der Waals surface area contributed by atoms with Crippen LogP contribution in [0.25, 0.3) is 10.9 Å². The van der Waals surface area contributed by atoms with E-state index in [1.54, 1.807) is 24.3 Å². The molecule has 2 nitrogen and oxygen atoms in total. The second-order valence-corrected chi connectivity index (χ2v) is 3.22. The minimum Gasteiger partial charge on any atom is -0.340 e. The minimum absolute atomic E-state index is 0.373. The molecule has 0 N–H and O–H groups in total. The van der Waals surface area contributed by atoms with E-state index in [9.17, 15) is 8.78 Å². The molecule has 0 saturated heterocycles. The molecule has 4 heteroatoms. The molecule has 0 amide bonds. The van der Waals surface area contributed by atoms with Crippen LogP contribution in [0.5, 0.6) is 0 Å². The van der Waals surface area contributed by atoms with E-state index in [0.29, 0.717) is 11.1 Å². The third-order valence-corrected chi connectivity index (χ3v) is 2.24. The Labute approximate surface area is 85.4 Å². The maximum absolute atomic E-state index is 12.3. The van der Waals surface area contributed by atoms with Crippen LogP contribution in [0, 0.1) is 11.3 Å². The Hall–Kier alpha value is -1.89. The quantitative estimate of drug-likeness (QED) is 0.742. The van der Waals surface area contributed by atoms with Crippen LogP contribution in [0.3, 0.4) is 0 Å². The number of hydrogen-bond donors (Lipinski definition) is 0. The van der Waals surface area contributed by atoms with Gasteiger partial charge in [0.25, 0.3) is 6.43 Å². The highest BCUT2D eigenvalue weighted by molar-refractivity contribution is 5.86. The van der Waals surface area contributed by atoms with Gasteiger partial charge in [0, 0.05) is 17.1 Å². The van der Waals surface area contributed by atoms with E-state index in [4.69, 9.17) is 5.26 Å². The molecule has 0 bridgehead atoms. The standard InChI is InChI=1S/C11H8F2N2/c12-11(13)7-15-6-8(5-14)9-3-1-2-4-10(9)15/h1-4,6,11H,7H2. The number of alkyl halides is 2. The summed E-state index contributed by atoms with van der Waals surface area (Å²) in [6.45, 7) is -0.373. The lowest BCUT2D eigenvalue weighted by molar-refractivity contribution is 0.128. The molecular weight excluding hydrogens is 198 g/mol. The van der Waals surface area contributed by atoms with Gasteiger partial charge in [0.15, 0.2) is 0 Å². The SMILES string of the molecule is N#Cc1cn(CC(F)F)c2ccccc12. The first-order valence-corrected chi connectivity index (χ1v) is 4.48. The van der Waals surface area contributed by atoms with Crippen molar-refractivity contribution < 1.29 is 8.78 Å². The number of para-hydroxylation sites is 1. The van der Waals surface area contributed by atoms with Gasteiger partial charge >= 0.3 is 0 Å². The third-order valence-electron chi connectivity index (χ3n) is 2.24. The van der Waals surface area contributed by atoms with Crippen molar-refractivity contribution in [1.29, 1.82) is 5.26 Å². The van der Waals surface area contributed by atoms with Crippen LogP contribution in [-0.4, -0.2) is 11.0 Å². The van der Waals surface area contributed by atoms with Gasteiger partial charge in [0.05, 0.1) is 12.1 Å². The van der Waals surface area contributed by atoms with Gasteiger partial charge in [-0.25, -0.2) is 8.78 Å². The van der Waals surface area contributed by atoms with Crippen LogP contribution in [0.15, 0.2) is 30.5 Å². The molecule has 0 aliphatic carbocycles. The molecule has 2 rings (SSSR count). The van der Waals surface area contributed by atoms with Gasteiger partial charge in [0.1, 0.15) is 6.07 Å². The van der Waals surface area contributed by atoms with Crippen molar-refractivity contribution in [3.63, 3.8) is 0 Å². The van der Waals surface area contributed by atoms with Gasteiger partial charge in [-0.15, -0.1) is 0 Å². The second-order valence-electron chi connectivity index (χ2n) is 3.22. The van der Waals surface area contributed by atoms with Crippen LogP contribution >= 0.6 is 0 Å². The molecule has 15 heavy (non-hydrogen) atoms. The molecule has 0 aliphatic rings. The molecule has 0 radical (unpaired) electrons. The average Bonchev–Trinajstić information content (AvgIpc) is 2.56. The fourth-order valence-electron chi connectivity index (χ4n) is 1.64. The first-order chi connectivity index (χ1) is 7.22. The van der Waals surface area contributed by atoms with Gasteiger partial charge in [0.2, 0.25) is 0 Å². The van der Waals surface area contributed by atoms with E-state index >= 15 is 0 Å². The predicted octanol–water partition coefficient (Wildman–Crippen LogP) is 2.78. The van der Waals surface area contributed by atoms with Gasteiger partial charge in [-0.1, -0.05) is 18.2 Å². The van der Waals surface area contributed by atoms with Crippen molar-refractivity contribution in [3.05, 3.63) is 36.0 Å². The van der Waals surface area contributed by atoms with Crippen LogP contribution in [-0.2, 0) is 6.54 Å². The summed E-state index contributed by atoms with van der Waals surface area (Å²) < 4.78 is 25.9. The molecule has 0 spiro atoms. The molecule has 0 fully saturated rings. The van der Waals surface area contributed by atoms with E-state index in [-0.39, 0.29) is 6.54 Å². The lowest BCUT2D eigenvalue weighted by Crippen LogP contribution is -2.04. The second kappa shape index (κ2) is 3.70. The topological polar surface area (TPSA) is 28.7 Å². The first kappa shape index (κ1) is 9.66. The van der Waals surface area contributed by atoms with Crippen molar-refractivity contribution in [1.82, 2.24) is 4.57 Å². The molecular formula is C11H8F2N2. The summed E-state index contributed by atoms with van der Waals surface area (Å²) in [4.78, 5) is 0. The fourth-order valence-corrected chi connectivity index (χ4v) is 1.64. The number of aromatic nitrogens is 1. The zero-order chi connectivity index (χ0) is 10.8. The van der Waals surface area contributed by atoms with E-state index in [1.807, 2.05) is 6.07 Å². The Kier molecular flexibility index (Phi) is 2.38. The zero-order valence-corrected chi connectivity index (χ0v) is 7.82. The molecule has 1 heterocycles. The van der Waals surface area contributed by atoms with Crippen molar-refractivity contribution in [2.24, 2.45) is 0 Å². The molecule has 2 aromatic rings. The Morgan fingerprint density at radius 3 is 2.73 bits per heavy atom. The smallest absolute Gasteiger partial charge is 0.256 e. The molecule has 76 valence electrons. The lowest BCUT2D eigenvalue weighted by Gasteiger charge is -2.02. The first-order valence-electron chi connectivity index (χ1n) is 4.48. The van der Waals surface area contributed by atoms with Crippen LogP contribution in [0.2, 0.25) is 0 Å². The largest absolute Gasteiger partial charge is 0.340 e. The van der Waals surface area contributed by atoms with E-state index < -0.39 is 6.43 Å². The fraction of sp³-hybridized carbons (Fsp3) is 0.182. The highest BCUT2D eigenvalue weighted by atomic mass is 19.3. The Morgan fingerprint density at radius 2 is 2.07 bits per heavy atom. The number of hydrogen-bond acceptors (Lipinski definition) is 1. The highest BCUT2D eigenvalue weighted by Gasteiger charge is 2.10. The van der Waals surface area contributed by atoms with Crippen LogP contribution in [0.4, 0.5) is 8.78 Å². The van der Waals surface area contributed by atoms with Gasteiger partial charge in [-0.05, 0) is 6.07 Å². The molecule has 1 aromatic heterocycles. The molecule has 1 aromatic carbocycles. The molecule has 0 saturated carbocycles. The maximum atomic E-state index is 12.3. The lowest BCUT2D eigenvalue weighted by atomic mass is 10.2. The summed E-state index contributed by atoms with van der Waals surface area (Å²) >= 11 is 0. The minimum atomic E-state index is -2.41. The van der Waals surface area contributed by atoms with Crippen LogP contribution < -0.4 is 0 Å². The average molecular weight is 206 g/mol. The van der Waals surface area contributed by atoms with Gasteiger partial charge < -0.3 is 4.57 Å². The number of nitrogens with zero attached hydrogens (tertiary/aromatic N) is 2. The van der Waals surface area contributed by atoms with E-state index in [2.05, 4.69) is 0 Å². The molecule has 0 unspecified atom stereocenters. The van der Waals surface area contributed by atoms with Crippen molar-refractivity contribution in [2.45, 2.75) is 13.0 Å². The highest BCUT2D eigenvalue weighted by Crippen LogP contribution is 2.21. The number of rotatable bonds is 2. The zero-order valence-electron chi connectivity index (χ0n) is 7.82. The van der Waals surface area contributed by atoms with Crippen molar-refractivity contribution in [3.8, 4) is 6.07 Å². The summed E-state index contributed by atoms with van der Waals surface area (Å²) in [5.41, 5.74) is 1.11. The number of halogens is 2. The Bertz CT molecular complexity index is 523. The Morgan fingerprint density at radius 1 is 1.33 bits per heavy atom. The predicted molar refractivity (Wildman–Crippen MR) is 52.7 cm³/mol. The van der Waals surface area contributed by atoms with E-state index in [1.165, 1.54) is 10.8 Å².